The van der Waals surface area contributed by atoms with Crippen LogP contribution in [0.3, 0.4) is 0 Å². The fourth-order valence-corrected chi connectivity index (χ4v) is 3.66. The van der Waals surface area contributed by atoms with E-state index in [2.05, 4.69) is 5.32 Å². The number of hydrogen-bond acceptors (Lipinski definition) is 4. The molecule has 3 rings (SSSR count). The molecule has 1 atom stereocenters. The molecule has 0 aromatic heterocycles. The number of imide groups is 1. The van der Waals surface area contributed by atoms with Crippen molar-refractivity contribution in [2.45, 2.75) is 38.6 Å². The van der Waals surface area contributed by atoms with E-state index in [1.54, 1.807) is 18.2 Å². The number of likely N-dealkylation sites (tertiary alicyclic amines) is 1. The van der Waals surface area contributed by atoms with Crippen LogP contribution in [0.4, 0.5) is 0 Å². The molecule has 1 aromatic rings. The average molecular weight is 380 g/mol. The maximum atomic E-state index is 12.9. The van der Waals surface area contributed by atoms with Gasteiger partial charge in [-0.25, -0.2) is 0 Å². The highest BCUT2D eigenvalue weighted by Gasteiger charge is 2.36. The molecule has 6 nitrogen and oxygen atoms in total. The molecule has 1 saturated heterocycles. The fraction of sp³-hybridized carbons (Fsp3) is 0.526. The van der Waals surface area contributed by atoms with Gasteiger partial charge < -0.3 is 10.2 Å². The van der Waals surface area contributed by atoms with Gasteiger partial charge in [0.05, 0.1) is 11.1 Å². The van der Waals surface area contributed by atoms with Gasteiger partial charge in [-0.05, 0) is 44.5 Å². The van der Waals surface area contributed by atoms with Crippen molar-refractivity contribution in [1.82, 2.24) is 15.1 Å². The van der Waals surface area contributed by atoms with E-state index in [9.17, 15) is 14.4 Å². The van der Waals surface area contributed by atoms with Crippen LogP contribution >= 0.6 is 12.4 Å². The molecule has 1 N–H and O–H groups in total. The van der Waals surface area contributed by atoms with E-state index < -0.39 is 0 Å². The van der Waals surface area contributed by atoms with Crippen molar-refractivity contribution in [3.8, 4) is 0 Å². The van der Waals surface area contributed by atoms with Crippen molar-refractivity contribution < 1.29 is 14.4 Å². The molecule has 0 radical (unpaired) electrons. The second kappa shape index (κ2) is 8.64. The summed E-state index contributed by atoms with van der Waals surface area (Å²) in [5.74, 6) is -0.592. The van der Waals surface area contributed by atoms with Gasteiger partial charge >= 0.3 is 0 Å². The van der Waals surface area contributed by atoms with Crippen LogP contribution in [0, 0.1) is 0 Å². The summed E-state index contributed by atoms with van der Waals surface area (Å²) in [5.41, 5.74) is 1.25. The second-order valence-electron chi connectivity index (χ2n) is 6.73. The Kier molecular flexibility index (Phi) is 6.78. The zero-order valence-electron chi connectivity index (χ0n) is 15.3. The topological polar surface area (TPSA) is 69.7 Å². The molecule has 3 amide bonds. The number of rotatable bonds is 6. The predicted molar refractivity (Wildman–Crippen MR) is 102 cm³/mol. The smallest absolute Gasteiger partial charge is 0.261 e. The zero-order valence-corrected chi connectivity index (χ0v) is 16.1. The van der Waals surface area contributed by atoms with Gasteiger partial charge in [0.15, 0.2) is 0 Å². The molecule has 1 unspecified atom stereocenters. The van der Waals surface area contributed by atoms with E-state index >= 15 is 0 Å². The van der Waals surface area contributed by atoms with E-state index in [1.165, 1.54) is 4.90 Å². The molecule has 0 saturated carbocycles. The van der Waals surface area contributed by atoms with E-state index in [-0.39, 0.29) is 36.2 Å². The lowest BCUT2D eigenvalue weighted by atomic mass is 10.0. The van der Waals surface area contributed by atoms with Gasteiger partial charge in [-0.15, -0.1) is 12.4 Å². The van der Waals surface area contributed by atoms with Crippen molar-refractivity contribution in [2.75, 3.05) is 26.7 Å². The van der Waals surface area contributed by atoms with Crippen molar-refractivity contribution in [2.24, 2.45) is 0 Å². The molecular weight excluding hydrogens is 354 g/mol. The Hall–Kier alpha value is -1.92. The lowest BCUT2D eigenvalue weighted by Gasteiger charge is -2.24. The highest BCUT2D eigenvalue weighted by Crippen LogP contribution is 2.26. The number of amides is 3. The third-order valence-electron chi connectivity index (χ3n) is 5.03. The van der Waals surface area contributed by atoms with Crippen LogP contribution in [0.15, 0.2) is 18.2 Å². The lowest BCUT2D eigenvalue weighted by molar-refractivity contribution is 0.0651. The number of benzene rings is 1. The molecule has 0 bridgehead atoms. The minimum absolute atomic E-state index is 0. The monoisotopic (exact) mass is 379 g/mol. The Balaban J connectivity index is 0.00000243. The predicted octanol–water partition coefficient (Wildman–Crippen LogP) is 2.33. The van der Waals surface area contributed by atoms with Gasteiger partial charge in [0.2, 0.25) is 0 Å². The van der Waals surface area contributed by atoms with Gasteiger partial charge in [0, 0.05) is 31.2 Å². The van der Waals surface area contributed by atoms with Gasteiger partial charge in [-0.1, -0.05) is 13.3 Å². The summed E-state index contributed by atoms with van der Waals surface area (Å²) < 4.78 is 0. The summed E-state index contributed by atoms with van der Waals surface area (Å²) >= 11 is 0. The number of likely N-dealkylation sites (N-methyl/N-ethyl adjacent to an activating group) is 1. The Morgan fingerprint density at radius 3 is 2.65 bits per heavy atom. The van der Waals surface area contributed by atoms with Crippen LogP contribution in [0.5, 0.6) is 0 Å². The first-order valence-electron chi connectivity index (χ1n) is 9.04. The van der Waals surface area contributed by atoms with Crippen molar-refractivity contribution in [3.05, 3.63) is 34.9 Å². The standard InChI is InChI=1S/C19H25N3O3.ClH/c1-3-4-9-22-18(24)15-8-7-13(11-16(15)19(22)25)17(23)21-10-5-6-14(21)12-20-2;/h7-8,11,14,20H,3-6,9-10,12H2,1-2H3;1H. The van der Waals surface area contributed by atoms with E-state index in [1.807, 2.05) is 18.9 Å². The van der Waals surface area contributed by atoms with Crippen LogP contribution in [0.25, 0.3) is 0 Å². The van der Waals surface area contributed by atoms with E-state index in [0.717, 1.165) is 38.8 Å². The van der Waals surface area contributed by atoms with Crippen LogP contribution in [-0.4, -0.2) is 60.2 Å². The molecule has 2 aliphatic rings. The first kappa shape index (κ1) is 20.4. The Morgan fingerprint density at radius 2 is 1.96 bits per heavy atom. The second-order valence-corrected chi connectivity index (χ2v) is 6.73. The summed E-state index contributed by atoms with van der Waals surface area (Å²) in [5, 5.41) is 3.13. The third-order valence-corrected chi connectivity index (χ3v) is 5.03. The normalized spacial score (nSPS) is 18.9. The third kappa shape index (κ3) is 3.62. The Labute approximate surface area is 160 Å². The van der Waals surface area contributed by atoms with E-state index in [4.69, 9.17) is 0 Å². The number of hydrogen-bond donors (Lipinski definition) is 1. The largest absolute Gasteiger partial charge is 0.334 e. The maximum Gasteiger partial charge on any atom is 0.261 e. The molecule has 0 spiro atoms. The fourth-order valence-electron chi connectivity index (χ4n) is 3.66. The first-order chi connectivity index (χ1) is 12.1. The number of fused-ring (bicyclic) bond motifs is 1. The van der Waals surface area contributed by atoms with E-state index in [0.29, 0.717) is 23.2 Å². The number of carbonyl (C=O) groups is 3. The van der Waals surface area contributed by atoms with Crippen LogP contribution in [0.1, 0.15) is 63.7 Å². The summed E-state index contributed by atoms with van der Waals surface area (Å²) in [7, 11) is 1.88. The number of nitrogens with zero attached hydrogens (tertiary/aromatic N) is 2. The molecule has 1 aromatic carbocycles. The molecule has 0 aliphatic carbocycles. The van der Waals surface area contributed by atoms with Crippen LogP contribution in [0.2, 0.25) is 0 Å². The lowest BCUT2D eigenvalue weighted by Crippen LogP contribution is -2.40. The minimum atomic E-state index is -0.281. The highest BCUT2D eigenvalue weighted by atomic mass is 35.5. The number of unbranched alkanes of at least 4 members (excludes halogenated alkanes) is 1. The van der Waals surface area contributed by atoms with Gasteiger partial charge in [-0.2, -0.15) is 0 Å². The van der Waals surface area contributed by atoms with Crippen molar-refractivity contribution in [1.29, 1.82) is 0 Å². The van der Waals surface area contributed by atoms with Crippen molar-refractivity contribution >= 4 is 30.1 Å². The number of halogens is 1. The summed E-state index contributed by atoms with van der Waals surface area (Å²) in [6.07, 6.45) is 3.68. The SMILES string of the molecule is CCCCN1C(=O)c2ccc(C(=O)N3CCCC3CNC)cc2C1=O.Cl. The molecule has 26 heavy (non-hydrogen) atoms. The minimum Gasteiger partial charge on any atom is -0.334 e. The summed E-state index contributed by atoms with van der Waals surface area (Å²) in [4.78, 5) is 41.0. The molecular formula is C19H26ClN3O3. The summed E-state index contributed by atoms with van der Waals surface area (Å²) in [6.45, 7) is 3.95. The van der Waals surface area contributed by atoms with Crippen LogP contribution in [-0.2, 0) is 0 Å². The molecule has 7 heteroatoms. The Bertz CT molecular complexity index is 707. The highest BCUT2D eigenvalue weighted by molar-refractivity contribution is 6.22. The molecule has 2 heterocycles. The molecule has 2 aliphatic heterocycles. The first-order valence-corrected chi connectivity index (χ1v) is 9.04. The van der Waals surface area contributed by atoms with Crippen LogP contribution < -0.4 is 5.32 Å². The van der Waals surface area contributed by atoms with Gasteiger partial charge in [-0.3, -0.25) is 19.3 Å². The average Bonchev–Trinajstić information content (AvgIpc) is 3.17. The van der Waals surface area contributed by atoms with Crippen molar-refractivity contribution in [3.63, 3.8) is 0 Å². The quantitative estimate of drug-likeness (QED) is 0.770. The number of carbonyl (C=O) groups excluding carboxylic acids is 3. The Morgan fingerprint density at radius 1 is 1.23 bits per heavy atom. The molecule has 1 fully saturated rings. The maximum absolute atomic E-state index is 12.9. The van der Waals surface area contributed by atoms with Gasteiger partial charge in [0.1, 0.15) is 0 Å². The van der Waals surface area contributed by atoms with Gasteiger partial charge in [0.25, 0.3) is 17.7 Å². The molecule has 142 valence electrons. The zero-order chi connectivity index (χ0) is 18.0. The summed E-state index contributed by atoms with van der Waals surface area (Å²) in [6, 6.07) is 5.07. The number of nitrogens with one attached hydrogen (secondary N) is 1.